The largest absolute Gasteiger partial charge is 0.361 e. The number of hydrogen-bond acceptors (Lipinski definition) is 3. The van der Waals surface area contributed by atoms with Crippen molar-refractivity contribution in [1.82, 2.24) is 10.2 Å². The number of rotatable bonds is 5. The Kier molecular flexibility index (Phi) is 6.02. The minimum absolute atomic E-state index is 0.617. The van der Waals surface area contributed by atoms with Gasteiger partial charge in [-0.1, -0.05) is 32.0 Å². The van der Waals surface area contributed by atoms with E-state index >= 15 is 0 Å². The van der Waals surface area contributed by atoms with E-state index in [9.17, 15) is 0 Å². The fourth-order valence-electron chi connectivity index (χ4n) is 2.81. The van der Waals surface area contributed by atoms with Crippen LogP contribution < -0.4 is 5.32 Å². The lowest BCUT2D eigenvalue weighted by Gasteiger charge is -2.33. The van der Waals surface area contributed by atoms with Crippen molar-refractivity contribution < 1.29 is 0 Å². The predicted octanol–water partition coefficient (Wildman–Crippen LogP) is 2.97. The van der Waals surface area contributed by atoms with Crippen LogP contribution in [0.2, 0.25) is 0 Å². The van der Waals surface area contributed by atoms with Crippen LogP contribution in [0.4, 0.5) is 0 Å². The lowest BCUT2D eigenvalue weighted by Crippen LogP contribution is -2.38. The maximum Gasteiger partial charge on any atom is 0.156 e. The van der Waals surface area contributed by atoms with Gasteiger partial charge in [0.05, 0.1) is 0 Å². The number of likely N-dealkylation sites (tertiary alicyclic amines) is 1. The molecule has 19 heavy (non-hydrogen) atoms. The average Bonchev–Trinajstić information content (AvgIpc) is 2.85. The van der Waals surface area contributed by atoms with E-state index in [-0.39, 0.29) is 0 Å². The van der Waals surface area contributed by atoms with Crippen LogP contribution in [0.3, 0.4) is 0 Å². The van der Waals surface area contributed by atoms with Gasteiger partial charge in [0.25, 0.3) is 0 Å². The molecule has 0 radical (unpaired) electrons. The van der Waals surface area contributed by atoms with Crippen molar-refractivity contribution in [2.45, 2.75) is 58.5 Å². The smallest absolute Gasteiger partial charge is 0.156 e. The van der Waals surface area contributed by atoms with Crippen LogP contribution >= 0.6 is 11.8 Å². The molecular weight excluding hydrogens is 254 g/mol. The summed E-state index contributed by atoms with van der Waals surface area (Å²) in [6.07, 6.45) is 5.37. The number of nitrogens with one attached hydrogen (secondary N) is 1. The third kappa shape index (κ3) is 4.67. The maximum absolute atomic E-state index is 4.71. The Morgan fingerprint density at radius 1 is 1.42 bits per heavy atom. The second-order valence-corrected chi connectivity index (χ2v) is 7.24. The van der Waals surface area contributed by atoms with E-state index in [2.05, 4.69) is 31.0 Å². The molecule has 1 N–H and O–H groups in total. The fraction of sp³-hybridized carbons (Fsp3) is 0.933. The Balaban J connectivity index is 1.64. The van der Waals surface area contributed by atoms with Crippen LogP contribution in [0.5, 0.6) is 0 Å². The molecule has 2 fully saturated rings. The van der Waals surface area contributed by atoms with Crippen molar-refractivity contribution >= 4 is 16.9 Å². The fourth-order valence-corrected chi connectivity index (χ4v) is 4.03. The highest BCUT2D eigenvalue weighted by Gasteiger charge is 2.22. The highest BCUT2D eigenvalue weighted by atomic mass is 32.2. The lowest BCUT2D eigenvalue weighted by molar-refractivity contribution is 0.160. The van der Waals surface area contributed by atoms with E-state index in [0.717, 1.165) is 12.6 Å². The summed E-state index contributed by atoms with van der Waals surface area (Å²) in [6, 6.07) is 1.40. The van der Waals surface area contributed by atoms with Gasteiger partial charge in [0, 0.05) is 30.9 Å². The zero-order valence-corrected chi connectivity index (χ0v) is 13.5. The molecule has 0 saturated carbocycles. The summed E-state index contributed by atoms with van der Waals surface area (Å²) in [5.74, 6) is 1.88. The van der Waals surface area contributed by atoms with E-state index in [0.29, 0.717) is 12.0 Å². The van der Waals surface area contributed by atoms with Crippen LogP contribution in [-0.2, 0) is 0 Å². The SMILES string of the molecule is CC(C)C1CSC(=NCCCN2CCCCC2C)N1. The molecule has 0 aliphatic carbocycles. The van der Waals surface area contributed by atoms with Crippen molar-refractivity contribution in [3.63, 3.8) is 0 Å². The summed E-state index contributed by atoms with van der Waals surface area (Å²) in [5.41, 5.74) is 0. The van der Waals surface area contributed by atoms with E-state index in [1.165, 1.54) is 49.7 Å². The van der Waals surface area contributed by atoms with Crippen molar-refractivity contribution in [1.29, 1.82) is 0 Å². The molecule has 2 heterocycles. The minimum atomic E-state index is 0.617. The second-order valence-electron chi connectivity index (χ2n) is 6.23. The first-order chi connectivity index (χ1) is 9.16. The van der Waals surface area contributed by atoms with Gasteiger partial charge in [0.15, 0.2) is 5.17 Å². The minimum Gasteiger partial charge on any atom is -0.361 e. The monoisotopic (exact) mass is 283 g/mol. The second kappa shape index (κ2) is 7.53. The number of piperidine rings is 1. The zero-order chi connectivity index (χ0) is 13.7. The van der Waals surface area contributed by atoms with E-state index in [1.807, 2.05) is 11.8 Å². The highest BCUT2D eigenvalue weighted by Crippen LogP contribution is 2.19. The van der Waals surface area contributed by atoms with Gasteiger partial charge < -0.3 is 10.2 Å². The van der Waals surface area contributed by atoms with Gasteiger partial charge >= 0.3 is 0 Å². The molecule has 2 rings (SSSR count). The summed E-state index contributed by atoms with van der Waals surface area (Å²) in [5, 5.41) is 4.71. The number of aliphatic imine (C=N–C) groups is 1. The molecule has 2 atom stereocenters. The Morgan fingerprint density at radius 2 is 2.26 bits per heavy atom. The van der Waals surface area contributed by atoms with Gasteiger partial charge in [-0.15, -0.1) is 0 Å². The first-order valence-corrected chi connectivity index (χ1v) is 8.83. The van der Waals surface area contributed by atoms with Crippen molar-refractivity contribution in [3.05, 3.63) is 0 Å². The maximum atomic E-state index is 4.71. The average molecular weight is 283 g/mol. The molecule has 0 aromatic heterocycles. The molecule has 0 spiro atoms. The Bertz CT molecular complexity index is 304. The molecule has 0 amide bonds. The molecule has 4 heteroatoms. The summed E-state index contributed by atoms with van der Waals surface area (Å²) in [4.78, 5) is 7.34. The molecule has 0 aromatic carbocycles. The van der Waals surface area contributed by atoms with Crippen molar-refractivity contribution in [3.8, 4) is 0 Å². The van der Waals surface area contributed by atoms with Gasteiger partial charge in [-0.3, -0.25) is 4.99 Å². The first kappa shape index (κ1) is 15.2. The Hall–Kier alpha value is -0.220. The molecule has 3 nitrogen and oxygen atoms in total. The normalized spacial score (nSPS) is 31.1. The highest BCUT2D eigenvalue weighted by molar-refractivity contribution is 8.14. The summed E-state index contributed by atoms with van der Waals surface area (Å²) in [7, 11) is 0. The summed E-state index contributed by atoms with van der Waals surface area (Å²) < 4.78 is 0. The summed E-state index contributed by atoms with van der Waals surface area (Å²) in [6.45, 7) is 10.4. The number of amidine groups is 1. The number of nitrogens with zero attached hydrogens (tertiary/aromatic N) is 2. The van der Waals surface area contributed by atoms with Gasteiger partial charge in [-0.25, -0.2) is 0 Å². The molecule has 2 aliphatic heterocycles. The molecule has 2 aliphatic rings. The van der Waals surface area contributed by atoms with E-state index in [1.54, 1.807) is 0 Å². The first-order valence-electron chi connectivity index (χ1n) is 7.84. The predicted molar refractivity (Wildman–Crippen MR) is 86.0 cm³/mol. The molecule has 2 saturated heterocycles. The van der Waals surface area contributed by atoms with Gasteiger partial charge in [-0.05, 0) is 38.6 Å². The van der Waals surface area contributed by atoms with Gasteiger partial charge in [0.1, 0.15) is 0 Å². The van der Waals surface area contributed by atoms with Crippen molar-refractivity contribution in [2.75, 3.05) is 25.4 Å². The zero-order valence-electron chi connectivity index (χ0n) is 12.7. The number of hydrogen-bond donors (Lipinski definition) is 1. The van der Waals surface area contributed by atoms with Crippen LogP contribution in [0.25, 0.3) is 0 Å². The van der Waals surface area contributed by atoms with Crippen LogP contribution in [0.1, 0.15) is 46.5 Å². The molecule has 2 unspecified atom stereocenters. The standard InChI is InChI=1S/C15H29N3S/c1-12(2)14-11-19-15(17-14)16-8-6-10-18-9-5-4-7-13(18)3/h12-14H,4-11H2,1-3H3,(H,16,17). The van der Waals surface area contributed by atoms with Gasteiger partial charge in [-0.2, -0.15) is 0 Å². The van der Waals surface area contributed by atoms with Gasteiger partial charge in [0.2, 0.25) is 0 Å². The van der Waals surface area contributed by atoms with E-state index in [4.69, 9.17) is 4.99 Å². The van der Waals surface area contributed by atoms with E-state index < -0.39 is 0 Å². The molecule has 110 valence electrons. The topological polar surface area (TPSA) is 27.6 Å². The number of thioether (sulfide) groups is 1. The van der Waals surface area contributed by atoms with Crippen LogP contribution in [0.15, 0.2) is 4.99 Å². The van der Waals surface area contributed by atoms with Crippen LogP contribution in [-0.4, -0.2) is 47.5 Å². The van der Waals surface area contributed by atoms with Crippen molar-refractivity contribution in [2.24, 2.45) is 10.9 Å². The quantitative estimate of drug-likeness (QED) is 0.786. The lowest BCUT2D eigenvalue weighted by atomic mass is 10.0. The third-order valence-electron chi connectivity index (χ3n) is 4.31. The summed E-state index contributed by atoms with van der Waals surface area (Å²) >= 11 is 1.89. The molecular formula is C15H29N3S. The third-order valence-corrected chi connectivity index (χ3v) is 5.36. The molecule has 0 bridgehead atoms. The van der Waals surface area contributed by atoms with Crippen LogP contribution in [0, 0.1) is 5.92 Å². The Labute approximate surface area is 122 Å². The Morgan fingerprint density at radius 3 is 2.95 bits per heavy atom. The molecule has 0 aromatic rings.